The molecule has 1 saturated carbocycles. The minimum Gasteiger partial charge on any atom is -0.330 e. The third-order valence-corrected chi connectivity index (χ3v) is 6.78. The van der Waals surface area contributed by atoms with Gasteiger partial charge in [-0.1, -0.05) is 13.0 Å². The van der Waals surface area contributed by atoms with Gasteiger partial charge in [0, 0.05) is 19.0 Å². The van der Waals surface area contributed by atoms with Gasteiger partial charge in [0.1, 0.15) is 6.04 Å². The molecule has 4 N–H and O–H groups in total. The van der Waals surface area contributed by atoms with E-state index in [4.69, 9.17) is 5.73 Å². The number of amides is 4. The number of rotatable bonds is 5. The molecule has 1 aromatic rings. The summed E-state index contributed by atoms with van der Waals surface area (Å²) in [7, 11) is 0. The summed E-state index contributed by atoms with van der Waals surface area (Å²) >= 11 is 0. The highest BCUT2D eigenvalue weighted by molar-refractivity contribution is 6.23. The first kappa shape index (κ1) is 20.7. The van der Waals surface area contributed by atoms with Crippen molar-refractivity contribution in [2.45, 2.75) is 64.1 Å². The van der Waals surface area contributed by atoms with Gasteiger partial charge in [-0.05, 0) is 61.8 Å². The Morgan fingerprint density at radius 3 is 2.47 bits per heavy atom. The van der Waals surface area contributed by atoms with E-state index in [0.29, 0.717) is 30.3 Å². The van der Waals surface area contributed by atoms with Gasteiger partial charge in [-0.15, -0.1) is 0 Å². The van der Waals surface area contributed by atoms with Gasteiger partial charge in [0.15, 0.2) is 0 Å². The number of piperidine rings is 1. The summed E-state index contributed by atoms with van der Waals surface area (Å²) in [4.78, 5) is 50.2. The normalized spacial score (nSPS) is 29.2. The SMILES string of the molecule is CC1(CN)CCC(NCc2ccc3c(c2)C(=O)N(C2CCC(=O)NC2=O)C3=O)CC1. The first-order chi connectivity index (χ1) is 14.3. The molecule has 1 atom stereocenters. The average molecular weight is 412 g/mol. The molecule has 3 aliphatic rings. The van der Waals surface area contributed by atoms with Crippen molar-refractivity contribution in [2.75, 3.05) is 6.54 Å². The maximum atomic E-state index is 12.9. The van der Waals surface area contributed by atoms with Gasteiger partial charge in [-0.25, -0.2) is 0 Å². The molecule has 1 saturated heterocycles. The maximum Gasteiger partial charge on any atom is 0.262 e. The van der Waals surface area contributed by atoms with Crippen LogP contribution < -0.4 is 16.4 Å². The van der Waals surface area contributed by atoms with Crippen LogP contribution in [0.4, 0.5) is 0 Å². The van der Waals surface area contributed by atoms with Crippen molar-refractivity contribution < 1.29 is 19.2 Å². The second-order valence-electron chi connectivity index (χ2n) is 9.00. The standard InChI is InChI=1S/C22H28N4O4/c1-22(12-23)8-6-14(7-9-22)24-11-13-2-3-15-16(10-13)21(30)26(20(15)29)17-4-5-18(27)25-19(17)28/h2-3,10,14,17,24H,4-9,11-12,23H2,1H3,(H,25,27,28). The molecule has 1 unspecified atom stereocenters. The molecule has 1 aliphatic carbocycles. The minimum absolute atomic E-state index is 0.115. The number of fused-ring (bicyclic) bond motifs is 1. The van der Waals surface area contributed by atoms with Crippen LogP contribution in [-0.2, 0) is 16.1 Å². The molecule has 0 aromatic heterocycles. The molecule has 0 radical (unpaired) electrons. The van der Waals surface area contributed by atoms with Gasteiger partial charge in [0.25, 0.3) is 11.8 Å². The Kier molecular flexibility index (Phi) is 5.46. The fourth-order valence-corrected chi connectivity index (χ4v) is 4.61. The quantitative estimate of drug-likeness (QED) is 0.623. The summed E-state index contributed by atoms with van der Waals surface area (Å²) in [6, 6.07) is 4.72. The van der Waals surface area contributed by atoms with Crippen molar-refractivity contribution in [2.24, 2.45) is 11.1 Å². The van der Waals surface area contributed by atoms with Gasteiger partial charge in [-0.2, -0.15) is 0 Å². The Bertz CT molecular complexity index is 904. The monoisotopic (exact) mass is 412 g/mol. The predicted octanol–water partition coefficient (Wildman–Crippen LogP) is 1.09. The van der Waals surface area contributed by atoms with Gasteiger partial charge in [-0.3, -0.25) is 29.4 Å². The molecule has 0 spiro atoms. The van der Waals surface area contributed by atoms with Crippen molar-refractivity contribution in [3.63, 3.8) is 0 Å². The number of imide groups is 2. The van der Waals surface area contributed by atoms with E-state index in [1.54, 1.807) is 12.1 Å². The highest BCUT2D eigenvalue weighted by Gasteiger charge is 2.44. The third-order valence-electron chi connectivity index (χ3n) is 6.78. The zero-order valence-electron chi connectivity index (χ0n) is 17.2. The highest BCUT2D eigenvalue weighted by Crippen LogP contribution is 2.35. The molecule has 4 amide bonds. The lowest BCUT2D eigenvalue weighted by molar-refractivity contribution is -0.136. The zero-order valence-corrected chi connectivity index (χ0v) is 17.2. The van der Waals surface area contributed by atoms with Crippen LogP contribution in [-0.4, -0.2) is 47.2 Å². The average Bonchev–Trinajstić information content (AvgIpc) is 2.98. The molecule has 4 rings (SSSR count). The lowest BCUT2D eigenvalue weighted by atomic mass is 9.74. The number of carbonyl (C=O) groups excluding carboxylic acids is 4. The minimum atomic E-state index is -0.934. The van der Waals surface area contributed by atoms with Crippen LogP contribution in [0.2, 0.25) is 0 Å². The molecule has 0 bridgehead atoms. The lowest BCUT2D eigenvalue weighted by Crippen LogP contribution is -2.54. The van der Waals surface area contributed by atoms with Gasteiger partial charge < -0.3 is 11.1 Å². The Labute approximate surface area is 175 Å². The number of nitrogens with zero attached hydrogens (tertiary/aromatic N) is 1. The summed E-state index contributed by atoms with van der Waals surface area (Å²) in [6.45, 7) is 3.56. The maximum absolute atomic E-state index is 12.9. The van der Waals surface area contributed by atoms with E-state index in [1.807, 2.05) is 6.07 Å². The Morgan fingerprint density at radius 2 is 1.80 bits per heavy atom. The van der Waals surface area contributed by atoms with Gasteiger partial charge >= 0.3 is 0 Å². The van der Waals surface area contributed by atoms with Crippen molar-refractivity contribution in [3.8, 4) is 0 Å². The zero-order chi connectivity index (χ0) is 21.5. The Balaban J connectivity index is 1.42. The van der Waals surface area contributed by atoms with Crippen LogP contribution >= 0.6 is 0 Å². The summed E-state index contributed by atoms with van der Waals surface area (Å²) in [5.74, 6) is -1.92. The van der Waals surface area contributed by atoms with Crippen molar-refractivity contribution in [1.82, 2.24) is 15.5 Å². The van der Waals surface area contributed by atoms with E-state index in [1.165, 1.54) is 0 Å². The van der Waals surface area contributed by atoms with E-state index in [2.05, 4.69) is 17.6 Å². The second-order valence-corrected chi connectivity index (χ2v) is 9.00. The van der Waals surface area contributed by atoms with E-state index < -0.39 is 23.8 Å². The van der Waals surface area contributed by atoms with Crippen LogP contribution in [0.1, 0.15) is 71.7 Å². The summed E-state index contributed by atoms with van der Waals surface area (Å²) in [5.41, 5.74) is 7.67. The van der Waals surface area contributed by atoms with Gasteiger partial charge in [0.05, 0.1) is 11.1 Å². The third kappa shape index (κ3) is 3.77. The van der Waals surface area contributed by atoms with Crippen LogP contribution in [0.25, 0.3) is 0 Å². The predicted molar refractivity (Wildman–Crippen MR) is 109 cm³/mol. The molecule has 2 fully saturated rings. The van der Waals surface area contributed by atoms with Crippen LogP contribution in [0.5, 0.6) is 0 Å². The molecule has 2 aliphatic heterocycles. The second kappa shape index (κ2) is 7.92. The van der Waals surface area contributed by atoms with E-state index in [0.717, 1.165) is 36.1 Å². The fourth-order valence-electron chi connectivity index (χ4n) is 4.61. The number of benzene rings is 1. The number of hydrogen-bond acceptors (Lipinski definition) is 6. The molecule has 8 heteroatoms. The number of hydrogen-bond donors (Lipinski definition) is 3. The fraction of sp³-hybridized carbons (Fsp3) is 0.545. The number of nitrogens with two attached hydrogens (primary N) is 1. The van der Waals surface area contributed by atoms with Crippen LogP contribution in [0, 0.1) is 5.41 Å². The Morgan fingerprint density at radius 1 is 1.10 bits per heavy atom. The van der Waals surface area contributed by atoms with Crippen LogP contribution in [0.3, 0.4) is 0 Å². The summed E-state index contributed by atoms with van der Waals surface area (Å²) in [5, 5.41) is 5.76. The van der Waals surface area contributed by atoms with E-state index in [-0.39, 0.29) is 24.2 Å². The molecular formula is C22H28N4O4. The van der Waals surface area contributed by atoms with Crippen molar-refractivity contribution >= 4 is 23.6 Å². The molecule has 160 valence electrons. The molecule has 8 nitrogen and oxygen atoms in total. The van der Waals surface area contributed by atoms with Crippen LogP contribution in [0.15, 0.2) is 18.2 Å². The van der Waals surface area contributed by atoms with E-state index in [9.17, 15) is 19.2 Å². The molecular weight excluding hydrogens is 384 g/mol. The van der Waals surface area contributed by atoms with Crippen molar-refractivity contribution in [3.05, 3.63) is 34.9 Å². The topological polar surface area (TPSA) is 122 Å². The first-order valence-corrected chi connectivity index (χ1v) is 10.6. The highest BCUT2D eigenvalue weighted by atomic mass is 16.2. The largest absolute Gasteiger partial charge is 0.330 e. The van der Waals surface area contributed by atoms with Gasteiger partial charge in [0.2, 0.25) is 11.8 Å². The number of carbonyl (C=O) groups is 4. The summed E-state index contributed by atoms with van der Waals surface area (Å²) in [6.07, 6.45) is 4.61. The first-order valence-electron chi connectivity index (χ1n) is 10.6. The Hall–Kier alpha value is -2.58. The van der Waals surface area contributed by atoms with Crippen molar-refractivity contribution in [1.29, 1.82) is 0 Å². The van der Waals surface area contributed by atoms with E-state index >= 15 is 0 Å². The molecule has 1 aromatic carbocycles. The lowest BCUT2D eigenvalue weighted by Gasteiger charge is -2.36. The summed E-state index contributed by atoms with van der Waals surface area (Å²) < 4.78 is 0. The molecule has 2 heterocycles. The number of nitrogens with one attached hydrogen (secondary N) is 2. The molecule has 30 heavy (non-hydrogen) atoms. The smallest absolute Gasteiger partial charge is 0.262 e.